The first-order chi connectivity index (χ1) is 8.38. The van der Waals surface area contributed by atoms with Gasteiger partial charge in [0.15, 0.2) is 5.69 Å². The van der Waals surface area contributed by atoms with Gasteiger partial charge in [-0.3, -0.25) is 9.48 Å². The summed E-state index contributed by atoms with van der Waals surface area (Å²) in [6.45, 7) is 5.36. The summed E-state index contributed by atoms with van der Waals surface area (Å²) in [5.41, 5.74) is 0.757. The van der Waals surface area contributed by atoms with E-state index in [1.807, 2.05) is 6.92 Å². The van der Waals surface area contributed by atoms with Crippen molar-refractivity contribution in [2.24, 2.45) is 13.0 Å². The highest BCUT2D eigenvalue weighted by Crippen LogP contribution is 2.09. The van der Waals surface area contributed by atoms with E-state index in [0.29, 0.717) is 12.1 Å². The summed E-state index contributed by atoms with van der Waals surface area (Å²) in [7, 11) is 1.67. The van der Waals surface area contributed by atoms with E-state index in [2.05, 4.69) is 15.6 Å². The van der Waals surface area contributed by atoms with Crippen LogP contribution >= 0.6 is 0 Å². The molecule has 7 nitrogen and oxygen atoms in total. The highest BCUT2D eigenvalue weighted by molar-refractivity contribution is 5.95. The number of hydrogen-bond acceptors (Lipinski definition) is 4. The van der Waals surface area contributed by atoms with Gasteiger partial charge < -0.3 is 10.4 Å². The first-order valence-electron chi connectivity index (χ1n) is 5.78. The minimum atomic E-state index is -1.04. The molecule has 0 fully saturated rings. The maximum atomic E-state index is 11.9. The van der Waals surface area contributed by atoms with Crippen molar-refractivity contribution >= 4 is 11.9 Å². The molecule has 0 spiro atoms. The Morgan fingerprint density at radius 1 is 1.50 bits per heavy atom. The molecule has 1 aromatic heterocycles. The number of rotatable bonds is 5. The second-order valence-corrected chi connectivity index (χ2v) is 4.32. The van der Waals surface area contributed by atoms with E-state index in [4.69, 9.17) is 5.11 Å². The standard InChI is InChI=1S/C11H18N4O3/c1-5-6(2)8(11(17)18)12-10(16)9-7(3)15(4)14-13-9/h6,8H,5H2,1-4H3,(H,12,16)(H,17,18)/t6-,8-/m0/s1. The van der Waals surface area contributed by atoms with Gasteiger partial charge in [0.2, 0.25) is 0 Å². The van der Waals surface area contributed by atoms with Crippen molar-refractivity contribution < 1.29 is 14.7 Å². The lowest BCUT2D eigenvalue weighted by Crippen LogP contribution is -2.45. The van der Waals surface area contributed by atoms with Crippen LogP contribution in [0.15, 0.2) is 0 Å². The van der Waals surface area contributed by atoms with Gasteiger partial charge in [0.05, 0.1) is 5.69 Å². The van der Waals surface area contributed by atoms with E-state index in [1.54, 1.807) is 20.9 Å². The molecule has 0 aromatic carbocycles. The predicted molar refractivity (Wildman–Crippen MR) is 64.1 cm³/mol. The minimum Gasteiger partial charge on any atom is -0.480 e. The Bertz CT molecular complexity index is 455. The van der Waals surface area contributed by atoms with Crippen LogP contribution in [-0.2, 0) is 11.8 Å². The predicted octanol–water partition coefficient (Wildman–Crippen LogP) is 0.353. The fourth-order valence-corrected chi connectivity index (χ4v) is 1.51. The van der Waals surface area contributed by atoms with Crippen molar-refractivity contribution in [3.63, 3.8) is 0 Å². The molecular weight excluding hydrogens is 236 g/mol. The normalized spacial score (nSPS) is 14.0. The zero-order chi connectivity index (χ0) is 13.9. The van der Waals surface area contributed by atoms with Crippen LogP contribution in [-0.4, -0.2) is 38.0 Å². The molecule has 0 saturated heterocycles. The summed E-state index contributed by atoms with van der Waals surface area (Å²) in [6.07, 6.45) is 0.663. The van der Waals surface area contributed by atoms with E-state index >= 15 is 0 Å². The number of carboxylic acid groups (broad SMARTS) is 1. The average molecular weight is 254 g/mol. The zero-order valence-electron chi connectivity index (χ0n) is 11.0. The minimum absolute atomic E-state index is 0.150. The second kappa shape index (κ2) is 5.61. The lowest BCUT2D eigenvalue weighted by Gasteiger charge is -2.19. The molecule has 0 bridgehead atoms. The number of amides is 1. The van der Waals surface area contributed by atoms with Gasteiger partial charge in [0.25, 0.3) is 5.91 Å². The molecule has 0 aliphatic heterocycles. The van der Waals surface area contributed by atoms with Crippen molar-refractivity contribution in [1.29, 1.82) is 0 Å². The fourth-order valence-electron chi connectivity index (χ4n) is 1.51. The maximum Gasteiger partial charge on any atom is 0.326 e. The molecule has 1 heterocycles. The van der Waals surface area contributed by atoms with Gasteiger partial charge >= 0.3 is 5.97 Å². The van der Waals surface area contributed by atoms with Gasteiger partial charge in [-0.15, -0.1) is 5.10 Å². The van der Waals surface area contributed by atoms with Crippen LogP contribution in [0.3, 0.4) is 0 Å². The molecule has 2 atom stereocenters. The van der Waals surface area contributed by atoms with Crippen LogP contribution in [0, 0.1) is 12.8 Å². The third-order valence-corrected chi connectivity index (χ3v) is 3.09. The Morgan fingerprint density at radius 2 is 2.11 bits per heavy atom. The van der Waals surface area contributed by atoms with E-state index in [9.17, 15) is 9.59 Å². The summed E-state index contributed by atoms with van der Waals surface area (Å²) >= 11 is 0. The summed E-state index contributed by atoms with van der Waals surface area (Å²) in [6, 6.07) is -0.913. The van der Waals surface area contributed by atoms with Gasteiger partial charge in [-0.2, -0.15) is 0 Å². The number of nitrogens with one attached hydrogen (secondary N) is 1. The number of aliphatic carboxylic acids is 1. The van der Waals surface area contributed by atoms with Gasteiger partial charge in [0, 0.05) is 7.05 Å². The Balaban J connectivity index is 2.85. The molecule has 100 valence electrons. The lowest BCUT2D eigenvalue weighted by molar-refractivity contribution is -0.140. The molecule has 0 radical (unpaired) electrons. The second-order valence-electron chi connectivity index (χ2n) is 4.32. The molecular formula is C11H18N4O3. The van der Waals surface area contributed by atoms with Crippen molar-refractivity contribution in [2.75, 3.05) is 0 Å². The van der Waals surface area contributed by atoms with Gasteiger partial charge in [0.1, 0.15) is 6.04 Å². The van der Waals surface area contributed by atoms with Crippen molar-refractivity contribution in [1.82, 2.24) is 20.3 Å². The highest BCUT2D eigenvalue weighted by Gasteiger charge is 2.27. The lowest BCUT2D eigenvalue weighted by atomic mass is 9.99. The number of carbonyl (C=O) groups is 2. The average Bonchev–Trinajstić information content (AvgIpc) is 2.65. The highest BCUT2D eigenvalue weighted by atomic mass is 16.4. The Labute approximate surface area is 105 Å². The molecule has 0 aliphatic rings. The first kappa shape index (κ1) is 14.1. The third kappa shape index (κ3) is 2.85. The van der Waals surface area contributed by atoms with Crippen LogP contribution in [0.4, 0.5) is 0 Å². The van der Waals surface area contributed by atoms with E-state index in [0.717, 1.165) is 0 Å². The number of aryl methyl sites for hydroxylation is 1. The molecule has 0 aliphatic carbocycles. The van der Waals surface area contributed by atoms with Gasteiger partial charge in [-0.1, -0.05) is 25.5 Å². The number of carboxylic acids is 1. The van der Waals surface area contributed by atoms with Gasteiger partial charge in [-0.25, -0.2) is 4.79 Å². The van der Waals surface area contributed by atoms with Crippen molar-refractivity contribution in [3.05, 3.63) is 11.4 Å². The molecule has 1 aromatic rings. The molecule has 18 heavy (non-hydrogen) atoms. The molecule has 7 heteroatoms. The summed E-state index contributed by atoms with van der Waals surface area (Å²) in [5, 5.41) is 19.0. The maximum absolute atomic E-state index is 11.9. The fraction of sp³-hybridized carbons (Fsp3) is 0.636. The Kier molecular flexibility index (Phi) is 4.41. The SMILES string of the molecule is CC[C@H](C)[C@H](NC(=O)c1nnn(C)c1C)C(=O)O. The first-order valence-corrected chi connectivity index (χ1v) is 5.78. The number of carbonyl (C=O) groups excluding carboxylic acids is 1. The van der Waals surface area contributed by atoms with Crippen LogP contribution < -0.4 is 5.32 Å². The van der Waals surface area contributed by atoms with E-state index < -0.39 is 17.9 Å². The smallest absolute Gasteiger partial charge is 0.326 e. The molecule has 0 saturated carbocycles. The zero-order valence-corrected chi connectivity index (χ0v) is 11.0. The summed E-state index contributed by atoms with van der Waals surface area (Å²) in [4.78, 5) is 23.0. The Hall–Kier alpha value is -1.92. The molecule has 1 amide bonds. The van der Waals surface area contributed by atoms with Crippen LogP contribution in [0.1, 0.15) is 36.5 Å². The van der Waals surface area contributed by atoms with E-state index in [1.165, 1.54) is 4.68 Å². The molecule has 1 rings (SSSR count). The Morgan fingerprint density at radius 3 is 2.50 bits per heavy atom. The monoisotopic (exact) mass is 254 g/mol. The van der Waals surface area contributed by atoms with Gasteiger partial charge in [-0.05, 0) is 12.8 Å². The van der Waals surface area contributed by atoms with Crippen molar-refractivity contribution in [3.8, 4) is 0 Å². The quantitative estimate of drug-likeness (QED) is 0.790. The van der Waals surface area contributed by atoms with Crippen LogP contribution in [0.5, 0.6) is 0 Å². The molecule has 0 unspecified atom stereocenters. The van der Waals surface area contributed by atoms with Crippen LogP contribution in [0.25, 0.3) is 0 Å². The number of nitrogens with zero attached hydrogens (tertiary/aromatic N) is 3. The van der Waals surface area contributed by atoms with Crippen molar-refractivity contribution in [2.45, 2.75) is 33.2 Å². The summed E-state index contributed by atoms with van der Waals surface area (Å²) < 4.78 is 1.47. The largest absolute Gasteiger partial charge is 0.480 e. The number of aromatic nitrogens is 3. The number of hydrogen-bond donors (Lipinski definition) is 2. The molecule has 2 N–H and O–H groups in total. The van der Waals surface area contributed by atoms with E-state index in [-0.39, 0.29) is 11.6 Å². The van der Waals surface area contributed by atoms with Crippen LogP contribution in [0.2, 0.25) is 0 Å². The third-order valence-electron chi connectivity index (χ3n) is 3.09. The summed E-state index contributed by atoms with van der Waals surface area (Å²) in [5.74, 6) is -1.70. The topological polar surface area (TPSA) is 97.1 Å².